The average molecular weight is 388 g/mol. The molecule has 2 aromatic heterocycles. The van der Waals surface area contributed by atoms with Crippen LogP contribution in [0.15, 0.2) is 65.3 Å². The van der Waals surface area contributed by atoms with Gasteiger partial charge in [-0.2, -0.15) is 0 Å². The molecule has 29 heavy (non-hydrogen) atoms. The van der Waals surface area contributed by atoms with Gasteiger partial charge in [-0.15, -0.1) is 0 Å². The molecule has 0 unspecified atom stereocenters. The molecule has 1 N–H and O–H groups in total. The summed E-state index contributed by atoms with van der Waals surface area (Å²) in [4.78, 5) is 13.1. The summed E-state index contributed by atoms with van der Waals surface area (Å²) in [5.74, 6) is 1.12. The molecule has 0 saturated heterocycles. The molecule has 5 rings (SSSR count). The Morgan fingerprint density at radius 2 is 1.79 bits per heavy atom. The number of benzene rings is 2. The van der Waals surface area contributed by atoms with E-state index in [1.165, 1.54) is 5.56 Å². The maximum Gasteiger partial charge on any atom is 0.272 e. The van der Waals surface area contributed by atoms with Crippen molar-refractivity contribution in [2.75, 3.05) is 18.5 Å². The minimum Gasteiger partial charge on any atom is -0.486 e. The van der Waals surface area contributed by atoms with E-state index in [1.54, 1.807) is 24.5 Å². The van der Waals surface area contributed by atoms with Crippen LogP contribution in [0.3, 0.4) is 0 Å². The molecule has 146 valence electrons. The number of aromatic nitrogens is 1. The third kappa shape index (κ3) is 3.33. The quantitative estimate of drug-likeness (QED) is 0.554. The molecule has 0 fully saturated rings. The van der Waals surface area contributed by atoms with Crippen LogP contribution < -0.4 is 14.8 Å². The van der Waals surface area contributed by atoms with Gasteiger partial charge in [-0.3, -0.25) is 4.79 Å². The first-order valence-electron chi connectivity index (χ1n) is 9.51. The van der Waals surface area contributed by atoms with Gasteiger partial charge in [0.25, 0.3) is 5.91 Å². The SMILES string of the molecule is Cc1ccc(Cn2c(C(=O)Nc3ccc4c(c3)OCCO4)cc3occc32)cc1. The van der Waals surface area contributed by atoms with Crippen LogP contribution in [0.2, 0.25) is 0 Å². The fourth-order valence-corrected chi connectivity index (χ4v) is 3.53. The maximum atomic E-state index is 13.1. The third-order valence-corrected chi connectivity index (χ3v) is 5.02. The third-order valence-electron chi connectivity index (χ3n) is 5.02. The largest absolute Gasteiger partial charge is 0.486 e. The number of hydrogen-bond donors (Lipinski definition) is 1. The van der Waals surface area contributed by atoms with Gasteiger partial charge in [-0.25, -0.2) is 0 Å². The van der Waals surface area contributed by atoms with Crippen molar-refractivity contribution in [1.29, 1.82) is 0 Å². The van der Waals surface area contributed by atoms with Crippen LogP contribution in [0.5, 0.6) is 11.5 Å². The molecule has 3 heterocycles. The number of carbonyl (C=O) groups is 1. The van der Waals surface area contributed by atoms with Gasteiger partial charge in [0.1, 0.15) is 18.9 Å². The van der Waals surface area contributed by atoms with Gasteiger partial charge in [-0.05, 0) is 24.6 Å². The summed E-state index contributed by atoms with van der Waals surface area (Å²) in [6, 6.07) is 17.3. The molecule has 6 heteroatoms. The summed E-state index contributed by atoms with van der Waals surface area (Å²) >= 11 is 0. The van der Waals surface area contributed by atoms with E-state index in [-0.39, 0.29) is 5.91 Å². The van der Waals surface area contributed by atoms with Crippen molar-refractivity contribution in [1.82, 2.24) is 4.57 Å². The number of amides is 1. The molecule has 0 radical (unpaired) electrons. The smallest absolute Gasteiger partial charge is 0.272 e. The number of rotatable bonds is 4. The van der Waals surface area contributed by atoms with Crippen molar-refractivity contribution >= 4 is 22.7 Å². The van der Waals surface area contributed by atoms with Crippen molar-refractivity contribution in [2.24, 2.45) is 0 Å². The highest BCUT2D eigenvalue weighted by Crippen LogP contribution is 2.33. The van der Waals surface area contributed by atoms with Crippen molar-refractivity contribution in [3.8, 4) is 11.5 Å². The van der Waals surface area contributed by atoms with Crippen molar-refractivity contribution < 1.29 is 18.7 Å². The Morgan fingerprint density at radius 3 is 2.62 bits per heavy atom. The number of carbonyl (C=O) groups excluding carboxylic acids is 1. The second-order valence-corrected chi connectivity index (χ2v) is 7.08. The summed E-state index contributed by atoms with van der Waals surface area (Å²) in [5.41, 5.74) is 5.07. The standard InChI is InChI=1S/C23H20N2O4/c1-15-2-4-16(5-3-15)14-25-18-8-9-27-21(18)13-19(25)23(26)24-17-6-7-20-22(12-17)29-11-10-28-20/h2-9,12-13H,10-11,14H2,1H3,(H,24,26). The number of anilines is 1. The highest BCUT2D eigenvalue weighted by molar-refractivity contribution is 6.06. The van der Waals surface area contributed by atoms with E-state index >= 15 is 0 Å². The molecule has 6 nitrogen and oxygen atoms in total. The number of hydrogen-bond acceptors (Lipinski definition) is 4. The number of nitrogens with one attached hydrogen (secondary N) is 1. The summed E-state index contributed by atoms with van der Waals surface area (Å²) < 4.78 is 18.6. The van der Waals surface area contributed by atoms with Gasteiger partial charge in [0.2, 0.25) is 0 Å². The Morgan fingerprint density at radius 1 is 1.00 bits per heavy atom. The first-order valence-corrected chi connectivity index (χ1v) is 9.51. The van der Waals surface area contributed by atoms with Crippen LogP contribution in [0.25, 0.3) is 11.1 Å². The number of ether oxygens (including phenoxy) is 2. The lowest BCUT2D eigenvalue weighted by atomic mass is 10.1. The molecule has 0 bridgehead atoms. The minimum absolute atomic E-state index is 0.208. The second-order valence-electron chi connectivity index (χ2n) is 7.08. The maximum absolute atomic E-state index is 13.1. The van der Waals surface area contributed by atoms with Crippen LogP contribution >= 0.6 is 0 Å². The predicted molar refractivity (Wildman–Crippen MR) is 110 cm³/mol. The Kier molecular flexibility index (Phi) is 4.24. The van der Waals surface area contributed by atoms with Crippen molar-refractivity contribution in [3.63, 3.8) is 0 Å². The Balaban J connectivity index is 1.45. The topological polar surface area (TPSA) is 65.6 Å². The van der Waals surface area contributed by atoms with Crippen LogP contribution in [0, 0.1) is 6.92 Å². The number of furan rings is 1. The molecule has 4 aromatic rings. The molecule has 0 saturated carbocycles. The number of fused-ring (bicyclic) bond motifs is 2. The Hall–Kier alpha value is -3.67. The molecule has 0 atom stereocenters. The highest BCUT2D eigenvalue weighted by Gasteiger charge is 2.19. The van der Waals surface area contributed by atoms with E-state index in [0.29, 0.717) is 48.2 Å². The molecular formula is C23H20N2O4. The van der Waals surface area contributed by atoms with Crippen molar-refractivity contribution in [3.05, 3.63) is 77.7 Å². The average Bonchev–Trinajstić information content (AvgIpc) is 3.32. The zero-order valence-corrected chi connectivity index (χ0v) is 16.0. The zero-order chi connectivity index (χ0) is 19.8. The Bertz CT molecular complexity index is 1190. The van der Waals surface area contributed by atoms with Gasteiger partial charge >= 0.3 is 0 Å². The molecule has 0 spiro atoms. The first kappa shape index (κ1) is 17.4. The van der Waals surface area contributed by atoms with Crippen molar-refractivity contribution in [2.45, 2.75) is 13.5 Å². The predicted octanol–water partition coefficient (Wildman–Crippen LogP) is 4.61. The monoisotopic (exact) mass is 388 g/mol. The van der Waals surface area contributed by atoms with Gasteiger partial charge in [0.15, 0.2) is 17.1 Å². The van der Waals surface area contributed by atoms with Crippen LogP contribution in [-0.4, -0.2) is 23.7 Å². The lowest BCUT2D eigenvalue weighted by Crippen LogP contribution is -2.18. The summed E-state index contributed by atoms with van der Waals surface area (Å²) in [6.07, 6.45) is 1.64. The fraction of sp³-hybridized carbons (Fsp3) is 0.174. The van der Waals surface area contributed by atoms with E-state index in [9.17, 15) is 4.79 Å². The molecule has 1 aliphatic rings. The van der Waals surface area contributed by atoms with E-state index in [2.05, 4.69) is 36.5 Å². The fourth-order valence-electron chi connectivity index (χ4n) is 3.53. The van der Waals surface area contributed by atoms with E-state index in [0.717, 1.165) is 11.1 Å². The summed E-state index contributed by atoms with van der Waals surface area (Å²) in [6.45, 7) is 3.66. The molecule has 1 aliphatic heterocycles. The summed E-state index contributed by atoms with van der Waals surface area (Å²) in [7, 11) is 0. The van der Waals surface area contributed by atoms with Crippen LogP contribution in [0.4, 0.5) is 5.69 Å². The molecule has 2 aromatic carbocycles. The van der Waals surface area contributed by atoms with Crippen LogP contribution in [0.1, 0.15) is 21.6 Å². The zero-order valence-electron chi connectivity index (χ0n) is 16.0. The molecule has 0 aliphatic carbocycles. The molecule has 1 amide bonds. The van der Waals surface area contributed by atoms with Gasteiger partial charge < -0.3 is 23.8 Å². The van der Waals surface area contributed by atoms with Crippen LogP contribution in [-0.2, 0) is 6.54 Å². The number of nitrogens with zero attached hydrogens (tertiary/aromatic N) is 1. The van der Waals surface area contributed by atoms with Gasteiger partial charge in [0, 0.05) is 30.4 Å². The normalized spacial score (nSPS) is 12.9. The summed E-state index contributed by atoms with van der Waals surface area (Å²) in [5, 5.41) is 2.96. The van der Waals surface area contributed by atoms with Gasteiger partial charge in [-0.1, -0.05) is 29.8 Å². The highest BCUT2D eigenvalue weighted by atomic mass is 16.6. The van der Waals surface area contributed by atoms with Gasteiger partial charge in [0.05, 0.1) is 11.8 Å². The number of aryl methyl sites for hydroxylation is 1. The second kappa shape index (κ2) is 7.05. The first-order chi connectivity index (χ1) is 14.2. The Labute approximate surface area is 167 Å². The van der Waals surface area contributed by atoms with E-state index < -0.39 is 0 Å². The lowest BCUT2D eigenvalue weighted by molar-refractivity contribution is 0.101. The van der Waals surface area contributed by atoms with E-state index in [4.69, 9.17) is 13.9 Å². The van der Waals surface area contributed by atoms with E-state index in [1.807, 2.05) is 16.7 Å². The lowest BCUT2D eigenvalue weighted by Gasteiger charge is -2.19. The minimum atomic E-state index is -0.208. The molecular weight excluding hydrogens is 368 g/mol.